The van der Waals surface area contributed by atoms with Gasteiger partial charge in [0.1, 0.15) is 5.75 Å². The summed E-state index contributed by atoms with van der Waals surface area (Å²) >= 11 is 3.35. The van der Waals surface area contributed by atoms with Crippen LogP contribution < -0.4 is 10.1 Å². The van der Waals surface area contributed by atoms with Crippen LogP contribution in [0.2, 0.25) is 0 Å². The lowest BCUT2D eigenvalue weighted by Crippen LogP contribution is -2.28. The highest BCUT2D eigenvalue weighted by atomic mass is 79.9. The average Bonchev–Trinajstić information content (AvgIpc) is 2.66. The van der Waals surface area contributed by atoms with Crippen LogP contribution in [0.25, 0.3) is 0 Å². The highest BCUT2D eigenvalue weighted by Gasteiger charge is 2.16. The quantitative estimate of drug-likeness (QED) is 0.693. The van der Waals surface area contributed by atoms with Crippen molar-refractivity contribution in [2.45, 2.75) is 19.8 Å². The minimum Gasteiger partial charge on any atom is -0.483 e. The number of nitrogens with zero attached hydrogens (tertiary/aromatic N) is 1. The number of ether oxygens (including phenoxy) is 1. The predicted octanol–water partition coefficient (Wildman–Crippen LogP) is 4.34. The van der Waals surface area contributed by atoms with E-state index in [9.17, 15) is 9.59 Å². The third kappa shape index (κ3) is 5.88. The molecule has 0 radical (unpaired) electrons. The molecule has 138 valence electrons. The van der Waals surface area contributed by atoms with Gasteiger partial charge in [-0.05, 0) is 42.8 Å². The summed E-state index contributed by atoms with van der Waals surface area (Å²) in [6, 6.07) is 14.3. The first-order valence-corrected chi connectivity index (χ1v) is 9.33. The van der Waals surface area contributed by atoms with Crippen LogP contribution >= 0.6 is 15.9 Å². The maximum Gasteiger partial charge on any atom is 0.262 e. The van der Waals surface area contributed by atoms with Gasteiger partial charge in [0.05, 0.1) is 5.56 Å². The number of amides is 2. The van der Waals surface area contributed by atoms with Crippen molar-refractivity contribution in [2.24, 2.45) is 0 Å². The van der Waals surface area contributed by atoms with Crippen LogP contribution in [-0.2, 0) is 4.79 Å². The second-order valence-corrected chi connectivity index (χ2v) is 6.84. The van der Waals surface area contributed by atoms with Gasteiger partial charge in [-0.15, -0.1) is 0 Å². The Morgan fingerprint density at radius 1 is 1.12 bits per heavy atom. The second-order valence-electron chi connectivity index (χ2n) is 5.92. The lowest BCUT2D eigenvalue weighted by atomic mass is 10.1. The van der Waals surface area contributed by atoms with Gasteiger partial charge >= 0.3 is 0 Å². The fraction of sp³-hybridized carbons (Fsp3) is 0.300. The van der Waals surface area contributed by atoms with Gasteiger partial charge < -0.3 is 15.0 Å². The van der Waals surface area contributed by atoms with Crippen LogP contribution in [0.1, 0.15) is 30.1 Å². The molecule has 0 aliphatic carbocycles. The molecule has 2 aromatic carbocycles. The van der Waals surface area contributed by atoms with Gasteiger partial charge in [-0.2, -0.15) is 0 Å². The molecule has 2 rings (SSSR count). The molecule has 5 nitrogen and oxygen atoms in total. The van der Waals surface area contributed by atoms with E-state index in [0.29, 0.717) is 23.5 Å². The van der Waals surface area contributed by atoms with Gasteiger partial charge in [-0.25, -0.2) is 0 Å². The minimum atomic E-state index is -0.283. The van der Waals surface area contributed by atoms with Crippen LogP contribution in [0.3, 0.4) is 0 Å². The Balaban J connectivity index is 1.97. The molecular weight excluding hydrogens is 396 g/mol. The van der Waals surface area contributed by atoms with E-state index in [1.54, 1.807) is 48.3 Å². The normalized spacial score (nSPS) is 10.3. The molecule has 0 aliphatic rings. The van der Waals surface area contributed by atoms with Crippen molar-refractivity contribution < 1.29 is 14.3 Å². The Kier molecular flexibility index (Phi) is 7.66. The summed E-state index contributed by atoms with van der Waals surface area (Å²) in [5.74, 6) is 0.0167. The van der Waals surface area contributed by atoms with Crippen LogP contribution in [0, 0.1) is 0 Å². The topological polar surface area (TPSA) is 58.6 Å². The smallest absolute Gasteiger partial charge is 0.262 e. The van der Waals surface area contributed by atoms with Crippen molar-refractivity contribution in [1.82, 2.24) is 4.90 Å². The van der Waals surface area contributed by atoms with E-state index < -0.39 is 0 Å². The number of hydrogen-bond donors (Lipinski definition) is 1. The summed E-state index contributed by atoms with van der Waals surface area (Å²) < 4.78 is 6.54. The van der Waals surface area contributed by atoms with E-state index in [4.69, 9.17) is 4.74 Å². The maximum absolute atomic E-state index is 12.6. The van der Waals surface area contributed by atoms with Crippen molar-refractivity contribution in [3.63, 3.8) is 0 Å². The van der Waals surface area contributed by atoms with E-state index in [2.05, 4.69) is 28.2 Å². The van der Waals surface area contributed by atoms with Gasteiger partial charge in [0.15, 0.2) is 6.61 Å². The molecule has 2 aromatic rings. The standard InChI is InChI=1S/C20H23BrN2O3/c1-3-4-13-23(2)20(25)17-7-5-6-8-18(17)26-14-19(24)22-16-11-9-15(21)10-12-16/h5-12H,3-4,13-14H2,1-2H3,(H,22,24). The molecule has 2 amide bonds. The van der Waals surface area contributed by atoms with E-state index in [1.165, 1.54) is 0 Å². The summed E-state index contributed by atoms with van der Waals surface area (Å²) in [5, 5.41) is 2.76. The second kappa shape index (κ2) is 9.97. The van der Waals surface area contributed by atoms with Crippen molar-refractivity contribution in [1.29, 1.82) is 0 Å². The molecule has 1 N–H and O–H groups in total. The summed E-state index contributed by atoms with van der Waals surface area (Å²) in [6.45, 7) is 2.60. The third-order valence-corrected chi connectivity index (χ3v) is 4.33. The van der Waals surface area contributed by atoms with Crippen LogP contribution in [0.5, 0.6) is 5.75 Å². The third-order valence-electron chi connectivity index (χ3n) is 3.80. The van der Waals surface area contributed by atoms with Crippen LogP contribution in [0.4, 0.5) is 5.69 Å². The zero-order chi connectivity index (χ0) is 18.9. The molecule has 0 atom stereocenters. The highest BCUT2D eigenvalue weighted by molar-refractivity contribution is 9.10. The summed E-state index contributed by atoms with van der Waals surface area (Å²) in [6.07, 6.45) is 1.97. The van der Waals surface area contributed by atoms with Gasteiger partial charge in [-0.3, -0.25) is 9.59 Å². The predicted molar refractivity (Wildman–Crippen MR) is 107 cm³/mol. The van der Waals surface area contributed by atoms with Crippen molar-refractivity contribution in [2.75, 3.05) is 25.5 Å². The molecule has 0 fully saturated rings. The Labute approximate surface area is 162 Å². The molecular formula is C20H23BrN2O3. The molecule has 0 saturated carbocycles. The lowest BCUT2D eigenvalue weighted by Gasteiger charge is -2.18. The Morgan fingerprint density at radius 3 is 2.50 bits per heavy atom. The van der Waals surface area contributed by atoms with Crippen molar-refractivity contribution >= 4 is 33.4 Å². The number of carbonyl (C=O) groups excluding carboxylic acids is 2. The van der Waals surface area contributed by atoms with Crippen LogP contribution in [0.15, 0.2) is 53.0 Å². The molecule has 0 aliphatic heterocycles. The van der Waals surface area contributed by atoms with Gasteiger partial charge in [0, 0.05) is 23.8 Å². The van der Waals surface area contributed by atoms with E-state index in [0.717, 1.165) is 17.3 Å². The fourth-order valence-corrected chi connectivity index (χ4v) is 2.61. The number of unbranched alkanes of at least 4 members (excludes halogenated alkanes) is 1. The zero-order valence-corrected chi connectivity index (χ0v) is 16.6. The first-order valence-electron chi connectivity index (χ1n) is 8.54. The number of hydrogen-bond acceptors (Lipinski definition) is 3. The number of carbonyl (C=O) groups is 2. The van der Waals surface area contributed by atoms with Gasteiger partial charge in [0.25, 0.3) is 11.8 Å². The zero-order valence-electron chi connectivity index (χ0n) is 15.0. The largest absolute Gasteiger partial charge is 0.483 e. The summed E-state index contributed by atoms with van der Waals surface area (Å²) in [5.41, 5.74) is 1.15. The monoisotopic (exact) mass is 418 g/mol. The molecule has 0 spiro atoms. The van der Waals surface area contributed by atoms with Crippen molar-refractivity contribution in [3.8, 4) is 5.75 Å². The SMILES string of the molecule is CCCCN(C)C(=O)c1ccccc1OCC(=O)Nc1ccc(Br)cc1. The first kappa shape index (κ1) is 20.0. The van der Waals surface area contributed by atoms with E-state index in [1.807, 2.05) is 12.1 Å². The maximum atomic E-state index is 12.6. The van der Waals surface area contributed by atoms with Crippen LogP contribution in [-0.4, -0.2) is 36.9 Å². The molecule has 26 heavy (non-hydrogen) atoms. The average molecular weight is 419 g/mol. The fourth-order valence-electron chi connectivity index (χ4n) is 2.35. The number of anilines is 1. The Hall–Kier alpha value is -2.34. The minimum absolute atomic E-state index is 0.109. The molecule has 0 aromatic heterocycles. The molecule has 0 unspecified atom stereocenters. The van der Waals surface area contributed by atoms with Gasteiger partial charge in [-0.1, -0.05) is 41.4 Å². The Morgan fingerprint density at radius 2 is 1.81 bits per heavy atom. The number of nitrogens with one attached hydrogen (secondary N) is 1. The van der Waals surface area contributed by atoms with Gasteiger partial charge in [0.2, 0.25) is 0 Å². The molecule has 0 saturated heterocycles. The van der Waals surface area contributed by atoms with E-state index in [-0.39, 0.29) is 18.4 Å². The summed E-state index contributed by atoms with van der Waals surface area (Å²) in [7, 11) is 1.77. The number of benzene rings is 2. The molecule has 0 bridgehead atoms. The number of para-hydroxylation sites is 1. The molecule has 6 heteroatoms. The highest BCUT2D eigenvalue weighted by Crippen LogP contribution is 2.20. The number of rotatable bonds is 8. The number of halogens is 1. The summed E-state index contributed by atoms with van der Waals surface area (Å²) in [4.78, 5) is 26.3. The first-order chi connectivity index (χ1) is 12.5. The lowest BCUT2D eigenvalue weighted by molar-refractivity contribution is -0.118. The molecule has 0 heterocycles. The van der Waals surface area contributed by atoms with E-state index >= 15 is 0 Å². The Bertz CT molecular complexity index is 747. The van der Waals surface area contributed by atoms with Crippen molar-refractivity contribution in [3.05, 3.63) is 58.6 Å².